The van der Waals surface area contributed by atoms with Crippen molar-refractivity contribution in [2.24, 2.45) is 0 Å². The molecule has 0 radical (unpaired) electrons. The number of rotatable bonds is 4. The number of nitrogens with two attached hydrogens (primary N) is 1. The Kier molecular flexibility index (Phi) is 3.54. The molecule has 3 nitrogen and oxygen atoms in total. The van der Waals surface area contributed by atoms with Crippen molar-refractivity contribution in [3.8, 4) is 0 Å². The lowest BCUT2D eigenvalue weighted by atomic mass is 10.2. The molecule has 0 aliphatic carbocycles. The molecule has 4 heteroatoms. The number of hydrogen-bond acceptors (Lipinski definition) is 4. The Morgan fingerprint density at radius 2 is 2.12 bits per heavy atom. The van der Waals surface area contributed by atoms with Gasteiger partial charge in [-0.15, -0.1) is 11.3 Å². The van der Waals surface area contributed by atoms with Crippen LogP contribution in [0.25, 0.3) is 0 Å². The van der Waals surface area contributed by atoms with E-state index in [1.807, 2.05) is 25.5 Å². The van der Waals surface area contributed by atoms with Crippen molar-refractivity contribution in [1.82, 2.24) is 0 Å². The van der Waals surface area contributed by atoms with E-state index in [2.05, 4.69) is 34.5 Å². The molecule has 0 unspecified atom stereocenters. The van der Waals surface area contributed by atoms with Gasteiger partial charge in [-0.1, -0.05) is 6.07 Å². The molecule has 90 valence electrons. The smallest absolute Gasteiger partial charge is 0.0514 e. The van der Waals surface area contributed by atoms with Crippen LogP contribution in [0.5, 0.6) is 0 Å². The van der Waals surface area contributed by atoms with Crippen LogP contribution in [-0.4, -0.2) is 14.1 Å². The monoisotopic (exact) mass is 247 g/mol. The van der Waals surface area contributed by atoms with Gasteiger partial charge < -0.3 is 16.0 Å². The Balaban J connectivity index is 2.04. The minimum absolute atomic E-state index is 0.778. The second-order valence-corrected chi connectivity index (χ2v) is 5.10. The van der Waals surface area contributed by atoms with Crippen molar-refractivity contribution in [2.75, 3.05) is 30.0 Å². The fourth-order valence-electron chi connectivity index (χ4n) is 1.57. The molecule has 0 amide bonds. The molecular formula is C13H17N3S. The molecule has 0 atom stereocenters. The molecule has 17 heavy (non-hydrogen) atoms. The molecule has 0 fully saturated rings. The van der Waals surface area contributed by atoms with Gasteiger partial charge in [0.15, 0.2) is 0 Å². The van der Waals surface area contributed by atoms with Gasteiger partial charge in [0.05, 0.1) is 6.54 Å². The second-order valence-electron chi connectivity index (χ2n) is 4.10. The third-order valence-corrected chi connectivity index (χ3v) is 3.53. The van der Waals surface area contributed by atoms with E-state index in [0.717, 1.165) is 17.9 Å². The third kappa shape index (κ3) is 2.91. The summed E-state index contributed by atoms with van der Waals surface area (Å²) in [5, 5.41) is 5.40. The van der Waals surface area contributed by atoms with Crippen LogP contribution >= 0.6 is 11.3 Å². The van der Waals surface area contributed by atoms with Gasteiger partial charge in [0.2, 0.25) is 0 Å². The van der Waals surface area contributed by atoms with E-state index in [9.17, 15) is 0 Å². The summed E-state index contributed by atoms with van der Waals surface area (Å²) in [5.41, 5.74) is 9.02. The number of hydrogen-bond donors (Lipinski definition) is 2. The van der Waals surface area contributed by atoms with Crippen LogP contribution < -0.4 is 16.0 Å². The average molecular weight is 247 g/mol. The quantitative estimate of drug-likeness (QED) is 0.872. The maximum atomic E-state index is 5.85. The second kappa shape index (κ2) is 5.10. The first kappa shape index (κ1) is 11.8. The zero-order valence-electron chi connectivity index (χ0n) is 10.1. The van der Waals surface area contributed by atoms with E-state index in [1.54, 1.807) is 11.3 Å². The summed E-state index contributed by atoms with van der Waals surface area (Å²) in [6.45, 7) is 0.778. The van der Waals surface area contributed by atoms with Crippen LogP contribution in [0.3, 0.4) is 0 Å². The summed E-state index contributed by atoms with van der Waals surface area (Å²) < 4.78 is 0. The summed E-state index contributed by atoms with van der Waals surface area (Å²) in [6, 6.07) is 10.3. The number of nitrogen functional groups attached to an aromatic ring is 1. The predicted octanol–water partition coefficient (Wildman–Crippen LogP) is 3.01. The lowest BCUT2D eigenvalue weighted by Gasteiger charge is -2.14. The SMILES string of the molecule is CN(C)c1cccc(NCc2sccc2N)c1. The number of nitrogens with one attached hydrogen (secondary N) is 1. The lowest BCUT2D eigenvalue weighted by molar-refractivity contribution is 1.13. The highest BCUT2D eigenvalue weighted by Crippen LogP contribution is 2.22. The summed E-state index contributed by atoms with van der Waals surface area (Å²) in [7, 11) is 4.08. The largest absolute Gasteiger partial charge is 0.398 e. The highest BCUT2D eigenvalue weighted by molar-refractivity contribution is 7.10. The van der Waals surface area contributed by atoms with Gasteiger partial charge in [-0.2, -0.15) is 0 Å². The van der Waals surface area contributed by atoms with E-state index >= 15 is 0 Å². The molecule has 2 aromatic rings. The Morgan fingerprint density at radius 1 is 1.29 bits per heavy atom. The molecular weight excluding hydrogens is 230 g/mol. The number of benzene rings is 1. The van der Waals surface area contributed by atoms with Crippen molar-refractivity contribution in [2.45, 2.75) is 6.54 Å². The van der Waals surface area contributed by atoms with Crippen LogP contribution in [-0.2, 0) is 6.54 Å². The molecule has 0 bridgehead atoms. The molecule has 0 saturated heterocycles. The maximum Gasteiger partial charge on any atom is 0.0514 e. The maximum absolute atomic E-state index is 5.85. The lowest BCUT2D eigenvalue weighted by Crippen LogP contribution is -2.09. The molecule has 0 aliphatic heterocycles. The molecule has 3 N–H and O–H groups in total. The first-order valence-electron chi connectivity index (χ1n) is 5.50. The molecule has 0 spiro atoms. The first-order chi connectivity index (χ1) is 8.16. The van der Waals surface area contributed by atoms with Crippen LogP contribution in [0.15, 0.2) is 35.7 Å². The van der Waals surface area contributed by atoms with Crippen molar-refractivity contribution in [3.05, 3.63) is 40.6 Å². The van der Waals surface area contributed by atoms with Gasteiger partial charge in [0.25, 0.3) is 0 Å². The van der Waals surface area contributed by atoms with Crippen molar-refractivity contribution < 1.29 is 0 Å². The number of thiophene rings is 1. The van der Waals surface area contributed by atoms with Gasteiger partial charge in [-0.3, -0.25) is 0 Å². The topological polar surface area (TPSA) is 41.3 Å². The van der Waals surface area contributed by atoms with Gasteiger partial charge in [-0.05, 0) is 29.6 Å². The number of nitrogens with zero attached hydrogens (tertiary/aromatic N) is 1. The molecule has 0 saturated carbocycles. The van der Waals surface area contributed by atoms with Crippen molar-refractivity contribution in [1.29, 1.82) is 0 Å². The van der Waals surface area contributed by atoms with Crippen LogP contribution in [0.4, 0.5) is 17.1 Å². The molecule has 1 aromatic carbocycles. The van der Waals surface area contributed by atoms with Gasteiger partial charge in [0, 0.05) is 36.0 Å². The van der Waals surface area contributed by atoms with E-state index < -0.39 is 0 Å². The molecule has 0 aliphatic rings. The summed E-state index contributed by atoms with van der Waals surface area (Å²) in [4.78, 5) is 3.27. The Hall–Kier alpha value is -1.68. The molecule has 1 aromatic heterocycles. The normalized spacial score (nSPS) is 10.2. The third-order valence-electron chi connectivity index (χ3n) is 2.60. The Morgan fingerprint density at radius 3 is 2.76 bits per heavy atom. The highest BCUT2D eigenvalue weighted by atomic mass is 32.1. The molecule has 1 heterocycles. The standard InChI is InChI=1S/C13H17N3S/c1-16(2)11-5-3-4-10(8-11)15-9-13-12(14)6-7-17-13/h3-8,15H,9,14H2,1-2H3. The van der Waals surface area contributed by atoms with E-state index in [1.165, 1.54) is 10.6 Å². The minimum Gasteiger partial charge on any atom is -0.398 e. The zero-order chi connectivity index (χ0) is 12.3. The average Bonchev–Trinajstić information content (AvgIpc) is 2.72. The first-order valence-corrected chi connectivity index (χ1v) is 6.38. The highest BCUT2D eigenvalue weighted by Gasteiger charge is 2.01. The fourth-order valence-corrected chi connectivity index (χ4v) is 2.31. The number of anilines is 3. The fraction of sp³-hybridized carbons (Fsp3) is 0.231. The van der Waals surface area contributed by atoms with Crippen molar-refractivity contribution >= 4 is 28.4 Å². The van der Waals surface area contributed by atoms with Crippen LogP contribution in [0, 0.1) is 0 Å². The molecule has 2 rings (SSSR count). The predicted molar refractivity (Wildman–Crippen MR) is 76.8 cm³/mol. The van der Waals surface area contributed by atoms with E-state index in [0.29, 0.717) is 0 Å². The zero-order valence-corrected chi connectivity index (χ0v) is 10.9. The van der Waals surface area contributed by atoms with Gasteiger partial charge >= 0.3 is 0 Å². The van der Waals surface area contributed by atoms with Crippen molar-refractivity contribution in [3.63, 3.8) is 0 Å². The van der Waals surface area contributed by atoms with Gasteiger partial charge in [-0.25, -0.2) is 0 Å². The Bertz CT molecular complexity index is 491. The van der Waals surface area contributed by atoms with Gasteiger partial charge in [0.1, 0.15) is 0 Å². The summed E-state index contributed by atoms with van der Waals surface area (Å²) in [6.07, 6.45) is 0. The van der Waals surface area contributed by atoms with Crippen LogP contribution in [0.1, 0.15) is 4.88 Å². The van der Waals surface area contributed by atoms with Crippen LogP contribution in [0.2, 0.25) is 0 Å². The Labute approximate surface area is 106 Å². The van der Waals surface area contributed by atoms with E-state index in [4.69, 9.17) is 5.73 Å². The summed E-state index contributed by atoms with van der Waals surface area (Å²) >= 11 is 1.68. The van der Waals surface area contributed by atoms with E-state index in [-0.39, 0.29) is 0 Å². The summed E-state index contributed by atoms with van der Waals surface area (Å²) in [5.74, 6) is 0. The minimum atomic E-state index is 0.778.